The molecule has 0 saturated heterocycles. The molecule has 1 heteroatoms. The van der Waals surface area contributed by atoms with E-state index < -0.39 is 5.41 Å². The topological polar surface area (TPSA) is 0 Å². The van der Waals surface area contributed by atoms with E-state index >= 15 is 0 Å². The van der Waals surface area contributed by atoms with Crippen LogP contribution in [0.1, 0.15) is 63.9 Å². The number of rotatable bonds is 6. The average molecular weight is 795 g/mol. The fourth-order valence-corrected chi connectivity index (χ4v) is 12.0. The van der Waals surface area contributed by atoms with Crippen LogP contribution in [0.3, 0.4) is 0 Å². The predicted octanol–water partition coefficient (Wildman–Crippen LogP) is 16.0. The summed E-state index contributed by atoms with van der Waals surface area (Å²) in [4.78, 5) is 0. The quantitative estimate of drug-likeness (QED) is 0.147. The van der Waals surface area contributed by atoms with Gasteiger partial charge >= 0.3 is 0 Å². The zero-order valence-corrected chi connectivity index (χ0v) is 35.0. The SMILES string of the molecule is CC1(C)c2ccccc2-c2ccc(/C(=C\c3ccccc3-c3cccc4c3sc3ccccc34)c3ccc4c(c3)-c3ccccc3C4(c3ccccc3)c3ccccc3)cc21. The molecule has 0 N–H and O–H groups in total. The van der Waals surface area contributed by atoms with Gasteiger partial charge in [-0.1, -0.05) is 208 Å². The summed E-state index contributed by atoms with van der Waals surface area (Å²) < 4.78 is 2.65. The van der Waals surface area contributed by atoms with Gasteiger partial charge in [0.1, 0.15) is 0 Å². The van der Waals surface area contributed by atoms with Gasteiger partial charge in [0.25, 0.3) is 0 Å². The second kappa shape index (κ2) is 13.7. The zero-order chi connectivity index (χ0) is 40.7. The van der Waals surface area contributed by atoms with E-state index in [0.29, 0.717) is 0 Å². The highest BCUT2D eigenvalue weighted by Gasteiger charge is 2.46. The van der Waals surface area contributed by atoms with Crippen LogP contribution in [-0.2, 0) is 10.8 Å². The lowest BCUT2D eigenvalue weighted by atomic mass is 9.67. The normalized spacial score (nSPS) is 14.4. The monoisotopic (exact) mass is 794 g/mol. The van der Waals surface area contributed by atoms with E-state index in [9.17, 15) is 0 Å². The summed E-state index contributed by atoms with van der Waals surface area (Å²) in [6, 6.07) is 79.3. The minimum absolute atomic E-state index is 0.121. The molecule has 0 nitrogen and oxygen atoms in total. The van der Waals surface area contributed by atoms with Crippen LogP contribution < -0.4 is 0 Å². The Morgan fingerprint density at radius 1 is 0.393 bits per heavy atom. The molecule has 10 aromatic rings. The lowest BCUT2D eigenvalue weighted by Gasteiger charge is -2.34. The molecule has 0 saturated carbocycles. The molecule has 1 heterocycles. The summed E-state index contributed by atoms with van der Waals surface area (Å²) >= 11 is 1.89. The first-order valence-electron chi connectivity index (χ1n) is 21.3. The van der Waals surface area contributed by atoms with Crippen LogP contribution in [0.5, 0.6) is 0 Å². The molecule has 0 bridgehead atoms. The second-order valence-electron chi connectivity index (χ2n) is 17.1. The molecular weight excluding hydrogens is 753 g/mol. The highest BCUT2D eigenvalue weighted by Crippen LogP contribution is 2.57. The summed E-state index contributed by atoms with van der Waals surface area (Å²) in [7, 11) is 0. The highest BCUT2D eigenvalue weighted by atomic mass is 32.1. The minimum Gasteiger partial charge on any atom is -0.135 e. The van der Waals surface area contributed by atoms with Crippen LogP contribution in [-0.4, -0.2) is 0 Å². The van der Waals surface area contributed by atoms with Gasteiger partial charge in [-0.2, -0.15) is 0 Å². The second-order valence-corrected chi connectivity index (χ2v) is 18.2. The Hall–Kier alpha value is -7.06. The summed E-state index contributed by atoms with van der Waals surface area (Å²) in [6.45, 7) is 4.76. The van der Waals surface area contributed by atoms with Crippen LogP contribution in [0, 0.1) is 0 Å². The Morgan fingerprint density at radius 2 is 0.934 bits per heavy atom. The van der Waals surface area contributed by atoms with E-state index in [2.05, 4.69) is 232 Å². The van der Waals surface area contributed by atoms with Gasteiger partial charge < -0.3 is 0 Å². The van der Waals surface area contributed by atoms with E-state index in [1.165, 1.54) is 109 Å². The standard InChI is InChI=1S/C60H42S/c1-59(2)53-29-14-11-24-45(53)47-34-32-41(38-56(47)59)51(36-39-18-9-10-23-44(39)49-27-17-28-50-48-26-13-16-31-57(48)61-58(49)50)40-33-35-55-52(37-40)46-25-12-15-30-54(46)60(55,42-19-5-3-6-20-42)43-21-7-4-8-22-43/h3-38H,1-2H3/b51-36-. The molecule has 288 valence electrons. The number of fused-ring (bicyclic) bond motifs is 9. The van der Waals surface area contributed by atoms with Crippen molar-refractivity contribution >= 4 is 43.2 Å². The Kier molecular flexibility index (Phi) is 8.08. The van der Waals surface area contributed by atoms with E-state index in [4.69, 9.17) is 0 Å². The van der Waals surface area contributed by atoms with Gasteiger partial charge in [-0.25, -0.2) is 0 Å². The molecule has 0 radical (unpaired) electrons. The highest BCUT2D eigenvalue weighted by molar-refractivity contribution is 7.26. The van der Waals surface area contributed by atoms with Crippen molar-refractivity contribution in [2.45, 2.75) is 24.7 Å². The maximum atomic E-state index is 2.48. The first-order chi connectivity index (χ1) is 30.0. The summed E-state index contributed by atoms with van der Waals surface area (Å²) in [5, 5.41) is 2.63. The van der Waals surface area contributed by atoms with Gasteiger partial charge in [-0.05, 0) is 108 Å². The third kappa shape index (κ3) is 5.30. The van der Waals surface area contributed by atoms with E-state index in [1.54, 1.807) is 0 Å². The maximum Gasteiger partial charge on any atom is 0.0713 e. The Bertz CT molecular complexity index is 3340. The molecule has 0 fully saturated rings. The molecule has 9 aromatic carbocycles. The number of hydrogen-bond acceptors (Lipinski definition) is 1. The Morgan fingerprint density at radius 3 is 1.70 bits per heavy atom. The molecular formula is C60H42S. The molecule has 0 aliphatic heterocycles. The zero-order valence-electron chi connectivity index (χ0n) is 34.2. The molecule has 0 amide bonds. The van der Waals surface area contributed by atoms with Crippen molar-refractivity contribution in [2.24, 2.45) is 0 Å². The van der Waals surface area contributed by atoms with Crippen molar-refractivity contribution in [3.63, 3.8) is 0 Å². The summed E-state index contributed by atoms with van der Waals surface area (Å²) in [6.07, 6.45) is 2.46. The first-order valence-corrected chi connectivity index (χ1v) is 22.2. The summed E-state index contributed by atoms with van der Waals surface area (Å²) in [5.41, 5.74) is 20.0. The number of thiophene rings is 1. The van der Waals surface area contributed by atoms with E-state index in [0.717, 1.165) is 0 Å². The van der Waals surface area contributed by atoms with Crippen molar-refractivity contribution in [2.75, 3.05) is 0 Å². The Labute approximate surface area is 361 Å². The van der Waals surface area contributed by atoms with Crippen molar-refractivity contribution in [3.8, 4) is 33.4 Å². The van der Waals surface area contributed by atoms with Gasteiger partial charge in [-0.15, -0.1) is 11.3 Å². The number of hydrogen-bond donors (Lipinski definition) is 0. The molecule has 0 spiro atoms. The van der Waals surface area contributed by atoms with Crippen LogP contribution in [0.2, 0.25) is 0 Å². The fraction of sp³-hybridized carbons (Fsp3) is 0.0667. The van der Waals surface area contributed by atoms with Crippen molar-refractivity contribution in [1.82, 2.24) is 0 Å². The van der Waals surface area contributed by atoms with Crippen LogP contribution in [0.4, 0.5) is 0 Å². The van der Waals surface area contributed by atoms with Gasteiger partial charge in [0.15, 0.2) is 0 Å². The molecule has 0 atom stereocenters. The largest absolute Gasteiger partial charge is 0.135 e. The molecule has 0 unspecified atom stereocenters. The number of benzene rings is 9. The molecule has 61 heavy (non-hydrogen) atoms. The van der Waals surface area contributed by atoms with Crippen LogP contribution >= 0.6 is 11.3 Å². The van der Waals surface area contributed by atoms with Gasteiger partial charge in [-0.3, -0.25) is 0 Å². The van der Waals surface area contributed by atoms with Crippen molar-refractivity contribution < 1.29 is 0 Å². The van der Waals surface area contributed by atoms with Crippen LogP contribution in [0.25, 0.3) is 65.2 Å². The minimum atomic E-state index is -0.449. The van der Waals surface area contributed by atoms with Gasteiger partial charge in [0.05, 0.1) is 5.41 Å². The predicted molar refractivity (Wildman–Crippen MR) is 259 cm³/mol. The van der Waals surface area contributed by atoms with Crippen molar-refractivity contribution in [3.05, 3.63) is 262 Å². The first kappa shape index (κ1) is 35.8. The molecule has 12 rings (SSSR count). The third-order valence-electron chi connectivity index (χ3n) is 13.6. The van der Waals surface area contributed by atoms with Gasteiger partial charge in [0.2, 0.25) is 0 Å². The lowest BCUT2D eigenvalue weighted by Crippen LogP contribution is -2.28. The third-order valence-corrected chi connectivity index (χ3v) is 14.8. The van der Waals surface area contributed by atoms with E-state index in [-0.39, 0.29) is 5.41 Å². The van der Waals surface area contributed by atoms with Gasteiger partial charge in [0, 0.05) is 31.2 Å². The fourth-order valence-electron chi connectivity index (χ4n) is 10.8. The molecule has 1 aromatic heterocycles. The van der Waals surface area contributed by atoms with E-state index in [1.807, 2.05) is 11.3 Å². The summed E-state index contributed by atoms with van der Waals surface area (Å²) in [5.74, 6) is 0. The average Bonchev–Trinajstić information content (AvgIpc) is 3.92. The maximum absolute atomic E-state index is 2.48. The molecule has 2 aliphatic carbocycles. The Balaban J connectivity index is 1.11. The van der Waals surface area contributed by atoms with Crippen molar-refractivity contribution in [1.29, 1.82) is 0 Å². The lowest BCUT2D eigenvalue weighted by molar-refractivity contribution is 0.660. The van der Waals surface area contributed by atoms with Crippen LogP contribution in [0.15, 0.2) is 212 Å². The smallest absolute Gasteiger partial charge is 0.0713 e. The molecule has 2 aliphatic rings.